The molecule has 4 aromatic rings. The highest BCUT2D eigenvalue weighted by atomic mass is 16.2. The van der Waals surface area contributed by atoms with Gasteiger partial charge in [-0.2, -0.15) is 5.10 Å². The first-order valence-electron chi connectivity index (χ1n) is 11.0. The summed E-state index contributed by atoms with van der Waals surface area (Å²) in [4.78, 5) is 25.4. The molecular weight excluding hydrogens is 412 g/mol. The van der Waals surface area contributed by atoms with E-state index in [1.807, 2.05) is 76.5 Å². The van der Waals surface area contributed by atoms with Crippen LogP contribution in [0.2, 0.25) is 0 Å². The van der Waals surface area contributed by atoms with Crippen molar-refractivity contribution in [3.63, 3.8) is 0 Å². The molecule has 7 heteroatoms. The van der Waals surface area contributed by atoms with Gasteiger partial charge in [0, 0.05) is 80.1 Å². The predicted molar refractivity (Wildman–Crippen MR) is 129 cm³/mol. The van der Waals surface area contributed by atoms with Gasteiger partial charge >= 0.3 is 0 Å². The maximum atomic E-state index is 12.9. The molecule has 0 aliphatic carbocycles. The summed E-state index contributed by atoms with van der Waals surface area (Å²) >= 11 is 0. The molecule has 0 N–H and O–H groups in total. The van der Waals surface area contributed by atoms with E-state index in [0.29, 0.717) is 13.1 Å². The third-order valence-electron chi connectivity index (χ3n) is 5.72. The molecule has 0 spiro atoms. The van der Waals surface area contributed by atoms with Gasteiger partial charge in [-0.15, -0.1) is 0 Å². The first-order chi connectivity index (χ1) is 16.3. The van der Waals surface area contributed by atoms with Crippen LogP contribution in [0.15, 0.2) is 91.7 Å². The van der Waals surface area contributed by atoms with Crippen LogP contribution in [-0.4, -0.2) is 56.7 Å². The molecule has 3 aromatic heterocycles. The zero-order valence-corrected chi connectivity index (χ0v) is 18.2. The van der Waals surface area contributed by atoms with Crippen LogP contribution in [-0.2, 0) is 4.79 Å². The molecule has 1 aromatic carbocycles. The number of aromatic nitrogens is 4. The van der Waals surface area contributed by atoms with Crippen LogP contribution in [0.25, 0.3) is 23.0 Å². The lowest BCUT2D eigenvalue weighted by Gasteiger charge is -2.35. The van der Waals surface area contributed by atoms with E-state index in [2.05, 4.69) is 14.9 Å². The Morgan fingerprint density at radius 2 is 1.61 bits per heavy atom. The lowest BCUT2D eigenvalue weighted by atomic mass is 10.1. The molecule has 0 atom stereocenters. The minimum atomic E-state index is 0.00831. The molecule has 33 heavy (non-hydrogen) atoms. The van der Waals surface area contributed by atoms with Gasteiger partial charge in [-0.25, -0.2) is 4.68 Å². The minimum absolute atomic E-state index is 0.00831. The molecule has 1 fully saturated rings. The van der Waals surface area contributed by atoms with E-state index in [1.54, 1.807) is 30.9 Å². The molecule has 1 saturated heterocycles. The number of piperazine rings is 1. The number of nitrogens with zero attached hydrogens (tertiary/aromatic N) is 6. The molecule has 164 valence electrons. The molecule has 0 bridgehead atoms. The smallest absolute Gasteiger partial charge is 0.246 e. The third kappa shape index (κ3) is 4.67. The first-order valence-corrected chi connectivity index (χ1v) is 11.0. The molecule has 1 amide bonds. The van der Waals surface area contributed by atoms with Crippen molar-refractivity contribution in [1.82, 2.24) is 24.6 Å². The van der Waals surface area contributed by atoms with Crippen molar-refractivity contribution in [2.75, 3.05) is 31.1 Å². The summed E-state index contributed by atoms with van der Waals surface area (Å²) in [6, 6.07) is 17.8. The summed E-state index contributed by atoms with van der Waals surface area (Å²) in [6.07, 6.45) is 12.6. The number of anilines is 1. The first kappa shape index (κ1) is 20.6. The lowest BCUT2D eigenvalue weighted by molar-refractivity contribution is -0.126. The fraction of sp³-hybridized carbons (Fsp3) is 0.154. The summed E-state index contributed by atoms with van der Waals surface area (Å²) in [6.45, 7) is 2.97. The maximum absolute atomic E-state index is 12.9. The molecule has 1 aliphatic heterocycles. The van der Waals surface area contributed by atoms with Crippen molar-refractivity contribution in [2.45, 2.75) is 0 Å². The molecular formula is C26H24N6O. The number of hydrogen-bond acceptors (Lipinski definition) is 5. The van der Waals surface area contributed by atoms with Crippen molar-refractivity contribution in [3.05, 3.63) is 97.2 Å². The van der Waals surface area contributed by atoms with Crippen molar-refractivity contribution in [3.8, 4) is 16.9 Å². The monoisotopic (exact) mass is 436 g/mol. The van der Waals surface area contributed by atoms with Crippen molar-refractivity contribution in [1.29, 1.82) is 0 Å². The standard InChI is InChI=1S/C26H24N6O/c33-25(31-17-15-30(16-18-31)23-10-13-27-14-11-23)9-8-22-20-32(24-6-2-1-3-7-24)29-26(22)21-5-4-12-28-19-21/h1-14,19-20H,15-18H2/b9-8+. The quantitative estimate of drug-likeness (QED) is 0.447. The molecule has 4 heterocycles. The summed E-state index contributed by atoms with van der Waals surface area (Å²) in [5.41, 5.74) is 4.67. The second-order valence-electron chi connectivity index (χ2n) is 7.81. The van der Waals surface area contributed by atoms with Gasteiger partial charge in [0.05, 0.1) is 5.69 Å². The Hall–Kier alpha value is -4.26. The number of para-hydroxylation sites is 1. The third-order valence-corrected chi connectivity index (χ3v) is 5.72. The second-order valence-corrected chi connectivity index (χ2v) is 7.81. The largest absolute Gasteiger partial charge is 0.368 e. The van der Waals surface area contributed by atoms with Gasteiger partial charge in [-0.05, 0) is 42.5 Å². The van der Waals surface area contributed by atoms with E-state index >= 15 is 0 Å². The van der Waals surface area contributed by atoms with Gasteiger partial charge in [-0.1, -0.05) is 18.2 Å². The van der Waals surface area contributed by atoms with Crippen LogP contribution in [0, 0.1) is 0 Å². The molecule has 0 unspecified atom stereocenters. The normalized spacial score (nSPS) is 14.1. The van der Waals surface area contributed by atoms with Crippen LogP contribution < -0.4 is 4.90 Å². The van der Waals surface area contributed by atoms with Gasteiger partial charge in [0.2, 0.25) is 5.91 Å². The van der Waals surface area contributed by atoms with Crippen molar-refractivity contribution in [2.24, 2.45) is 0 Å². The predicted octanol–water partition coefficient (Wildman–Crippen LogP) is 3.69. The fourth-order valence-electron chi connectivity index (χ4n) is 3.96. The highest BCUT2D eigenvalue weighted by Gasteiger charge is 2.20. The van der Waals surface area contributed by atoms with E-state index in [9.17, 15) is 4.79 Å². The Morgan fingerprint density at radius 1 is 0.818 bits per heavy atom. The molecule has 1 aliphatic rings. The van der Waals surface area contributed by atoms with Gasteiger partial charge in [0.15, 0.2) is 0 Å². The van der Waals surface area contributed by atoms with Crippen LogP contribution in [0.3, 0.4) is 0 Å². The number of amides is 1. The van der Waals surface area contributed by atoms with Gasteiger partial charge < -0.3 is 9.80 Å². The molecule has 0 saturated carbocycles. The summed E-state index contributed by atoms with van der Waals surface area (Å²) in [5.74, 6) is 0.00831. The van der Waals surface area contributed by atoms with Gasteiger partial charge in [-0.3, -0.25) is 14.8 Å². The Labute approximate surface area is 192 Å². The number of rotatable bonds is 5. The van der Waals surface area contributed by atoms with E-state index in [-0.39, 0.29) is 5.91 Å². The highest BCUT2D eigenvalue weighted by molar-refractivity contribution is 5.93. The zero-order valence-electron chi connectivity index (χ0n) is 18.2. The van der Waals surface area contributed by atoms with E-state index < -0.39 is 0 Å². The van der Waals surface area contributed by atoms with Crippen LogP contribution >= 0.6 is 0 Å². The summed E-state index contributed by atoms with van der Waals surface area (Å²) in [7, 11) is 0. The highest BCUT2D eigenvalue weighted by Crippen LogP contribution is 2.24. The Balaban J connectivity index is 1.33. The molecule has 0 radical (unpaired) electrons. The molecule has 5 rings (SSSR count). The SMILES string of the molecule is O=C(/C=C/c1cn(-c2ccccc2)nc1-c1cccnc1)N1CCN(c2ccncc2)CC1. The van der Waals surface area contributed by atoms with Crippen LogP contribution in [0.1, 0.15) is 5.56 Å². The van der Waals surface area contributed by atoms with E-state index in [4.69, 9.17) is 5.10 Å². The fourth-order valence-corrected chi connectivity index (χ4v) is 3.96. The lowest BCUT2D eigenvalue weighted by Crippen LogP contribution is -2.48. The minimum Gasteiger partial charge on any atom is -0.368 e. The Morgan fingerprint density at radius 3 is 2.33 bits per heavy atom. The summed E-state index contributed by atoms with van der Waals surface area (Å²) in [5, 5.41) is 4.77. The van der Waals surface area contributed by atoms with E-state index in [1.165, 1.54) is 0 Å². The maximum Gasteiger partial charge on any atom is 0.246 e. The molecule has 7 nitrogen and oxygen atoms in total. The van der Waals surface area contributed by atoms with Gasteiger partial charge in [0.1, 0.15) is 5.69 Å². The van der Waals surface area contributed by atoms with E-state index in [0.717, 1.165) is 41.3 Å². The summed E-state index contributed by atoms with van der Waals surface area (Å²) < 4.78 is 1.83. The van der Waals surface area contributed by atoms with Crippen molar-refractivity contribution < 1.29 is 4.79 Å². The Bertz CT molecular complexity index is 1230. The number of carbonyl (C=O) groups is 1. The number of carbonyl (C=O) groups excluding carboxylic acids is 1. The average molecular weight is 437 g/mol. The topological polar surface area (TPSA) is 67.2 Å². The van der Waals surface area contributed by atoms with Crippen molar-refractivity contribution >= 4 is 17.7 Å². The Kier molecular flexibility index (Phi) is 5.93. The second kappa shape index (κ2) is 9.48. The number of benzene rings is 1. The number of pyridine rings is 2. The van der Waals surface area contributed by atoms with Crippen LogP contribution in [0.4, 0.5) is 5.69 Å². The number of hydrogen-bond donors (Lipinski definition) is 0. The van der Waals surface area contributed by atoms with Gasteiger partial charge in [0.25, 0.3) is 0 Å². The van der Waals surface area contributed by atoms with Crippen LogP contribution in [0.5, 0.6) is 0 Å². The zero-order chi connectivity index (χ0) is 22.5. The average Bonchev–Trinajstić information content (AvgIpc) is 3.33.